The molecule has 3 aromatic rings. The largest absolute Gasteiger partial charge is 0.490 e. The minimum absolute atomic E-state index is 0.0323. The van der Waals surface area contributed by atoms with E-state index in [4.69, 9.17) is 4.74 Å². The van der Waals surface area contributed by atoms with Gasteiger partial charge in [-0.05, 0) is 92.4 Å². The first-order valence-corrected chi connectivity index (χ1v) is 19.5. The molecule has 4 heterocycles. The van der Waals surface area contributed by atoms with E-state index in [0.717, 1.165) is 100 Å². The van der Waals surface area contributed by atoms with Gasteiger partial charge >= 0.3 is 5.97 Å². The molecule has 5 saturated carbocycles. The van der Waals surface area contributed by atoms with E-state index in [1.54, 1.807) is 0 Å². The molecule has 1 aromatic carbocycles. The van der Waals surface area contributed by atoms with E-state index in [9.17, 15) is 19.1 Å². The second kappa shape index (κ2) is 13.1. The summed E-state index contributed by atoms with van der Waals surface area (Å²) < 4.78 is 50.8. The number of nitrogens with zero attached hydrogens (tertiary/aromatic N) is 6. The highest BCUT2D eigenvalue weighted by molar-refractivity contribution is 5.99. The lowest BCUT2D eigenvalue weighted by atomic mass is 9.48. The molecule has 11 nitrogen and oxygen atoms in total. The second-order valence-electron chi connectivity index (χ2n) is 16.9. The number of carboxylic acids is 1. The van der Waals surface area contributed by atoms with E-state index in [1.165, 1.54) is 12.4 Å². The van der Waals surface area contributed by atoms with Crippen LogP contribution in [0.1, 0.15) is 106 Å². The third-order valence-electron chi connectivity index (χ3n) is 13.5. The summed E-state index contributed by atoms with van der Waals surface area (Å²) in [4.78, 5) is 48.0. The molecule has 2 aromatic heterocycles. The van der Waals surface area contributed by atoms with Crippen molar-refractivity contribution < 1.29 is 32.6 Å². The Morgan fingerprint density at radius 2 is 1.57 bits per heavy atom. The number of alkyl halides is 2. The Kier molecular flexibility index (Phi) is 8.53. The van der Waals surface area contributed by atoms with E-state index in [2.05, 4.69) is 31.3 Å². The van der Waals surface area contributed by atoms with Crippen LogP contribution in [-0.2, 0) is 16.1 Å². The number of carbonyl (C=O) groups is 2. The highest BCUT2D eigenvalue weighted by atomic mass is 19.3. The summed E-state index contributed by atoms with van der Waals surface area (Å²) in [5.74, 6) is -4.15. The van der Waals surface area contributed by atoms with Crippen molar-refractivity contribution in [2.24, 2.45) is 23.7 Å². The van der Waals surface area contributed by atoms with Gasteiger partial charge in [0.2, 0.25) is 11.9 Å². The van der Waals surface area contributed by atoms with E-state index in [-0.39, 0.29) is 29.3 Å². The summed E-state index contributed by atoms with van der Waals surface area (Å²) in [5.41, 5.74) is -0.923. The standard InChI is InChI=1S/C40H46F3N7O4/c1-38(42,43)33-30(34(51)48-40(35(52)53)25-14-23-13-24(16-25)17-26(40)15-23)21-46-37(47-33)50-22-39(9-3-2-4-10-39)31-18-29(5-6-32(31)50)54-28-7-11-49(12-8-28)36-44-19-27(41)20-45-36/h5-6,18-21,23-26,28H,2-4,7-17,22H2,1H3,(H,48,51)(H,52,53). The van der Waals surface area contributed by atoms with Gasteiger partial charge in [-0.3, -0.25) is 4.79 Å². The molecule has 7 aliphatic rings. The minimum atomic E-state index is -3.49. The number of benzene rings is 1. The molecule has 6 fully saturated rings. The predicted octanol–water partition coefficient (Wildman–Crippen LogP) is 6.93. The molecule has 2 aliphatic heterocycles. The Bertz CT molecular complexity index is 1910. The van der Waals surface area contributed by atoms with Gasteiger partial charge in [0.25, 0.3) is 11.8 Å². The number of ether oxygens (including phenoxy) is 1. The number of aromatic nitrogens is 4. The number of anilines is 3. The van der Waals surface area contributed by atoms with Crippen LogP contribution < -0.4 is 19.9 Å². The van der Waals surface area contributed by atoms with Crippen LogP contribution in [0.5, 0.6) is 5.75 Å². The number of carbonyl (C=O) groups excluding carboxylic acids is 1. The first-order chi connectivity index (χ1) is 25.9. The Morgan fingerprint density at radius 1 is 0.926 bits per heavy atom. The molecule has 0 radical (unpaired) electrons. The van der Waals surface area contributed by atoms with Crippen LogP contribution in [0.4, 0.5) is 30.8 Å². The van der Waals surface area contributed by atoms with Crippen molar-refractivity contribution in [1.82, 2.24) is 25.3 Å². The number of hydrogen-bond acceptors (Lipinski definition) is 9. The van der Waals surface area contributed by atoms with Gasteiger partial charge in [0, 0.05) is 56.7 Å². The maximum Gasteiger partial charge on any atom is 0.330 e. The van der Waals surface area contributed by atoms with Crippen molar-refractivity contribution in [2.45, 2.75) is 107 Å². The van der Waals surface area contributed by atoms with Crippen LogP contribution in [0.25, 0.3) is 0 Å². The third kappa shape index (κ3) is 5.94. The highest BCUT2D eigenvalue weighted by Crippen LogP contribution is 2.58. The summed E-state index contributed by atoms with van der Waals surface area (Å²) in [6, 6.07) is 5.94. The minimum Gasteiger partial charge on any atom is -0.490 e. The number of carboxylic acid groups (broad SMARTS) is 1. The van der Waals surface area contributed by atoms with Gasteiger partial charge in [-0.25, -0.2) is 29.1 Å². The van der Waals surface area contributed by atoms with Gasteiger partial charge in [-0.15, -0.1) is 0 Å². The molecule has 14 heteroatoms. The number of aliphatic carboxylic acids is 1. The summed E-state index contributed by atoms with van der Waals surface area (Å²) in [6.45, 7) is 2.57. The van der Waals surface area contributed by atoms with Gasteiger partial charge in [0.05, 0.1) is 18.0 Å². The number of amides is 1. The summed E-state index contributed by atoms with van der Waals surface area (Å²) in [7, 11) is 0. The van der Waals surface area contributed by atoms with Crippen molar-refractivity contribution in [2.75, 3.05) is 29.4 Å². The Hall–Kier alpha value is -4.49. The van der Waals surface area contributed by atoms with Crippen LogP contribution in [0.3, 0.4) is 0 Å². The Balaban J connectivity index is 0.980. The Labute approximate surface area is 312 Å². The quantitative estimate of drug-likeness (QED) is 0.250. The van der Waals surface area contributed by atoms with Crippen LogP contribution in [-0.4, -0.2) is 68.2 Å². The summed E-state index contributed by atoms with van der Waals surface area (Å²) >= 11 is 0. The normalized spacial score (nSPS) is 28.7. The monoisotopic (exact) mass is 745 g/mol. The molecule has 54 heavy (non-hydrogen) atoms. The fraction of sp³-hybridized carbons (Fsp3) is 0.600. The zero-order chi connectivity index (χ0) is 37.4. The number of fused-ring (bicyclic) bond motifs is 2. The molecule has 1 spiro atoms. The van der Waals surface area contributed by atoms with Gasteiger partial charge < -0.3 is 25.0 Å². The van der Waals surface area contributed by atoms with Gasteiger partial charge in [-0.1, -0.05) is 19.3 Å². The van der Waals surface area contributed by atoms with Crippen molar-refractivity contribution in [1.29, 1.82) is 0 Å². The molecule has 286 valence electrons. The van der Waals surface area contributed by atoms with E-state index >= 15 is 8.78 Å². The smallest absolute Gasteiger partial charge is 0.330 e. The van der Waals surface area contributed by atoms with Crippen molar-refractivity contribution in [3.63, 3.8) is 0 Å². The number of halogens is 3. The summed E-state index contributed by atoms with van der Waals surface area (Å²) in [6.07, 6.45) is 14.0. The topological polar surface area (TPSA) is 134 Å². The highest BCUT2D eigenvalue weighted by Gasteiger charge is 2.62. The fourth-order valence-corrected chi connectivity index (χ4v) is 11.2. The maximum absolute atomic E-state index is 15.5. The molecular weight excluding hydrogens is 699 g/mol. The SMILES string of the molecule is CC(F)(F)c1nc(N2CC3(CCCCC3)c3cc(OC4CCN(c5ncc(F)cn5)CC4)ccc32)ncc1C(=O)NC1(C(=O)O)C2CC3CC(C2)CC1C3. The third-order valence-corrected chi connectivity index (χ3v) is 13.5. The average molecular weight is 746 g/mol. The van der Waals surface area contributed by atoms with Crippen molar-refractivity contribution in [3.05, 3.63) is 59.4 Å². The number of piperidine rings is 1. The molecule has 0 atom stereocenters. The number of nitrogens with one attached hydrogen (secondary N) is 1. The number of rotatable bonds is 8. The number of hydrogen-bond donors (Lipinski definition) is 2. The van der Waals surface area contributed by atoms with Gasteiger partial charge in [0.1, 0.15) is 23.1 Å². The van der Waals surface area contributed by atoms with E-state index in [1.807, 2.05) is 21.9 Å². The lowest BCUT2D eigenvalue weighted by Gasteiger charge is -2.59. The van der Waals surface area contributed by atoms with E-state index < -0.39 is 40.4 Å². The van der Waals surface area contributed by atoms with Crippen LogP contribution in [0, 0.1) is 29.5 Å². The lowest BCUT2D eigenvalue weighted by Crippen LogP contribution is -2.70. The van der Waals surface area contributed by atoms with Gasteiger partial charge in [-0.2, -0.15) is 8.78 Å². The summed E-state index contributed by atoms with van der Waals surface area (Å²) in [5, 5.41) is 13.4. The molecular formula is C40H46F3N7O4. The molecule has 1 amide bonds. The predicted molar refractivity (Wildman–Crippen MR) is 193 cm³/mol. The van der Waals surface area contributed by atoms with Crippen LogP contribution in [0.15, 0.2) is 36.8 Å². The fourth-order valence-electron chi connectivity index (χ4n) is 11.2. The average Bonchev–Trinajstić information content (AvgIpc) is 3.45. The Morgan fingerprint density at radius 3 is 2.20 bits per heavy atom. The van der Waals surface area contributed by atoms with Crippen LogP contribution >= 0.6 is 0 Å². The molecule has 4 bridgehead atoms. The first kappa shape index (κ1) is 35.2. The lowest BCUT2D eigenvalue weighted by molar-refractivity contribution is -0.163. The van der Waals surface area contributed by atoms with Gasteiger partial charge in [0.15, 0.2) is 5.82 Å². The molecule has 0 unspecified atom stereocenters. The molecule has 2 N–H and O–H groups in total. The molecule has 1 saturated heterocycles. The van der Waals surface area contributed by atoms with E-state index in [0.29, 0.717) is 44.3 Å². The molecule has 10 rings (SSSR count). The van der Waals surface area contributed by atoms with Crippen LogP contribution in [0.2, 0.25) is 0 Å². The maximum atomic E-state index is 15.5. The zero-order valence-corrected chi connectivity index (χ0v) is 30.4. The zero-order valence-electron chi connectivity index (χ0n) is 30.4. The van der Waals surface area contributed by atoms with Crippen molar-refractivity contribution >= 4 is 29.5 Å². The second-order valence-corrected chi connectivity index (χ2v) is 16.9. The van der Waals surface area contributed by atoms with Crippen molar-refractivity contribution in [3.8, 4) is 5.75 Å². The first-order valence-electron chi connectivity index (χ1n) is 19.5. The molecule has 5 aliphatic carbocycles.